The summed E-state index contributed by atoms with van der Waals surface area (Å²) in [7, 11) is 1.69. The summed E-state index contributed by atoms with van der Waals surface area (Å²) in [5.74, 6) is 0.910. The fourth-order valence-electron chi connectivity index (χ4n) is 1.99. The summed E-state index contributed by atoms with van der Waals surface area (Å²) in [5.41, 5.74) is 4.39. The number of thiazole rings is 1. The minimum atomic E-state index is 0.465. The Balaban J connectivity index is 1.72. The van der Waals surface area contributed by atoms with Gasteiger partial charge in [-0.25, -0.2) is 4.98 Å². The van der Waals surface area contributed by atoms with Crippen LogP contribution in [-0.2, 0) is 12.8 Å². The lowest BCUT2D eigenvalue weighted by atomic mass is 10.1. The molecule has 0 aliphatic heterocycles. The molecular formula is C15H20N2OS. The minimum absolute atomic E-state index is 0.465. The van der Waals surface area contributed by atoms with Crippen LogP contribution < -0.4 is 10.1 Å². The average molecular weight is 276 g/mol. The topological polar surface area (TPSA) is 34.1 Å². The Kier molecular flexibility index (Phi) is 5.36. The molecule has 0 spiro atoms. The first kappa shape index (κ1) is 14.0. The van der Waals surface area contributed by atoms with Gasteiger partial charge in [0.05, 0.1) is 18.3 Å². The average Bonchev–Trinajstić information content (AvgIpc) is 2.93. The predicted octanol–water partition coefficient (Wildman–Crippen LogP) is 2.92. The van der Waals surface area contributed by atoms with E-state index in [1.807, 2.05) is 17.6 Å². The van der Waals surface area contributed by atoms with Crippen molar-refractivity contribution >= 4 is 11.3 Å². The summed E-state index contributed by atoms with van der Waals surface area (Å²) in [6.07, 6.45) is 2.03. The maximum absolute atomic E-state index is 5.16. The van der Waals surface area contributed by atoms with E-state index in [9.17, 15) is 0 Å². The van der Waals surface area contributed by atoms with Crippen LogP contribution in [0.4, 0.5) is 0 Å². The number of nitrogens with zero attached hydrogens (tertiary/aromatic N) is 1. The predicted molar refractivity (Wildman–Crippen MR) is 80.0 cm³/mol. The number of benzene rings is 1. The number of hydrogen-bond acceptors (Lipinski definition) is 4. The van der Waals surface area contributed by atoms with Crippen molar-refractivity contribution in [1.82, 2.24) is 10.3 Å². The van der Waals surface area contributed by atoms with Crippen molar-refractivity contribution in [2.75, 3.05) is 13.7 Å². The van der Waals surface area contributed by atoms with E-state index < -0.39 is 0 Å². The standard InChI is InChI=1S/C15H20N2OS/c1-12(16-8-7-14-10-19-11-17-14)9-13-3-5-15(18-2)6-4-13/h3-6,10-12,16H,7-9H2,1-2H3. The van der Waals surface area contributed by atoms with Crippen LogP contribution in [0, 0.1) is 0 Å². The molecule has 4 heteroatoms. The van der Waals surface area contributed by atoms with Gasteiger partial charge in [0, 0.05) is 24.4 Å². The number of ether oxygens (including phenoxy) is 1. The number of hydrogen-bond donors (Lipinski definition) is 1. The highest BCUT2D eigenvalue weighted by atomic mass is 32.1. The highest BCUT2D eigenvalue weighted by molar-refractivity contribution is 7.07. The van der Waals surface area contributed by atoms with Gasteiger partial charge >= 0.3 is 0 Å². The fraction of sp³-hybridized carbons (Fsp3) is 0.400. The molecule has 0 aliphatic carbocycles. The first-order valence-electron chi connectivity index (χ1n) is 6.51. The highest BCUT2D eigenvalue weighted by Crippen LogP contribution is 2.12. The van der Waals surface area contributed by atoms with E-state index in [0.29, 0.717) is 6.04 Å². The zero-order chi connectivity index (χ0) is 13.5. The van der Waals surface area contributed by atoms with Gasteiger partial charge in [0.1, 0.15) is 5.75 Å². The first-order chi connectivity index (χ1) is 9.28. The molecule has 0 aliphatic rings. The second-order valence-electron chi connectivity index (χ2n) is 4.64. The summed E-state index contributed by atoms with van der Waals surface area (Å²) >= 11 is 1.65. The van der Waals surface area contributed by atoms with Crippen LogP contribution in [0.5, 0.6) is 5.75 Å². The monoisotopic (exact) mass is 276 g/mol. The number of nitrogens with one attached hydrogen (secondary N) is 1. The van der Waals surface area contributed by atoms with Gasteiger partial charge in [-0.1, -0.05) is 12.1 Å². The Morgan fingerprint density at radius 3 is 2.74 bits per heavy atom. The molecule has 2 rings (SSSR count). The van der Waals surface area contributed by atoms with Gasteiger partial charge in [-0.15, -0.1) is 11.3 Å². The van der Waals surface area contributed by atoms with Crippen LogP contribution in [0.15, 0.2) is 35.2 Å². The van der Waals surface area contributed by atoms with Crippen LogP contribution in [0.3, 0.4) is 0 Å². The first-order valence-corrected chi connectivity index (χ1v) is 7.45. The normalized spacial score (nSPS) is 12.3. The maximum atomic E-state index is 5.16. The summed E-state index contributed by atoms with van der Waals surface area (Å²) in [6, 6.07) is 8.73. The Morgan fingerprint density at radius 1 is 1.32 bits per heavy atom. The second kappa shape index (κ2) is 7.26. The zero-order valence-electron chi connectivity index (χ0n) is 11.4. The molecule has 0 fully saturated rings. The molecule has 2 aromatic rings. The molecule has 19 heavy (non-hydrogen) atoms. The third-order valence-electron chi connectivity index (χ3n) is 3.06. The van der Waals surface area contributed by atoms with Crippen LogP contribution in [0.1, 0.15) is 18.2 Å². The van der Waals surface area contributed by atoms with Crippen molar-refractivity contribution in [3.05, 3.63) is 46.4 Å². The zero-order valence-corrected chi connectivity index (χ0v) is 12.2. The molecule has 1 atom stereocenters. The molecule has 1 aromatic heterocycles. The van der Waals surface area contributed by atoms with E-state index in [0.717, 1.165) is 25.1 Å². The molecule has 1 heterocycles. The van der Waals surface area contributed by atoms with E-state index in [2.05, 4.69) is 34.7 Å². The van der Waals surface area contributed by atoms with Crippen molar-refractivity contribution < 1.29 is 4.74 Å². The summed E-state index contributed by atoms with van der Waals surface area (Å²) in [4.78, 5) is 4.28. The van der Waals surface area contributed by atoms with Crippen LogP contribution in [-0.4, -0.2) is 24.7 Å². The van der Waals surface area contributed by atoms with Gasteiger partial charge < -0.3 is 10.1 Å². The third-order valence-corrected chi connectivity index (χ3v) is 3.69. The van der Waals surface area contributed by atoms with Crippen molar-refractivity contribution in [1.29, 1.82) is 0 Å². The van der Waals surface area contributed by atoms with Crippen molar-refractivity contribution in [2.24, 2.45) is 0 Å². The van der Waals surface area contributed by atoms with Gasteiger partial charge in [0.15, 0.2) is 0 Å². The van der Waals surface area contributed by atoms with E-state index in [-0.39, 0.29) is 0 Å². The maximum Gasteiger partial charge on any atom is 0.118 e. The minimum Gasteiger partial charge on any atom is -0.497 e. The molecule has 0 radical (unpaired) electrons. The number of aromatic nitrogens is 1. The summed E-state index contributed by atoms with van der Waals surface area (Å²) in [5, 5.41) is 5.64. The Hall–Kier alpha value is -1.39. The highest BCUT2D eigenvalue weighted by Gasteiger charge is 2.03. The molecular weight excluding hydrogens is 256 g/mol. The SMILES string of the molecule is COc1ccc(CC(C)NCCc2cscn2)cc1. The Labute approximate surface area is 118 Å². The third kappa shape index (κ3) is 4.65. The largest absolute Gasteiger partial charge is 0.497 e. The lowest BCUT2D eigenvalue weighted by molar-refractivity contribution is 0.414. The van der Waals surface area contributed by atoms with Gasteiger partial charge in [-0.2, -0.15) is 0 Å². The van der Waals surface area contributed by atoms with Crippen LogP contribution in [0.25, 0.3) is 0 Å². The van der Waals surface area contributed by atoms with Crippen molar-refractivity contribution in [3.8, 4) is 5.75 Å². The van der Waals surface area contributed by atoms with E-state index in [4.69, 9.17) is 4.74 Å². The molecule has 0 saturated carbocycles. The lowest BCUT2D eigenvalue weighted by Crippen LogP contribution is -2.30. The number of rotatable bonds is 7. The quantitative estimate of drug-likeness (QED) is 0.844. The smallest absolute Gasteiger partial charge is 0.118 e. The summed E-state index contributed by atoms with van der Waals surface area (Å²) in [6.45, 7) is 3.19. The van der Waals surface area contributed by atoms with E-state index in [1.54, 1.807) is 18.4 Å². The van der Waals surface area contributed by atoms with Crippen molar-refractivity contribution in [2.45, 2.75) is 25.8 Å². The number of methoxy groups -OCH3 is 1. The van der Waals surface area contributed by atoms with Gasteiger partial charge in [-0.05, 0) is 31.0 Å². The molecule has 1 aromatic carbocycles. The summed E-state index contributed by atoms with van der Waals surface area (Å²) < 4.78 is 5.16. The molecule has 0 saturated heterocycles. The molecule has 1 N–H and O–H groups in total. The molecule has 0 amide bonds. The van der Waals surface area contributed by atoms with E-state index in [1.165, 1.54) is 11.3 Å². The van der Waals surface area contributed by atoms with Crippen molar-refractivity contribution in [3.63, 3.8) is 0 Å². The molecule has 0 bridgehead atoms. The second-order valence-corrected chi connectivity index (χ2v) is 5.36. The molecule has 1 unspecified atom stereocenters. The van der Waals surface area contributed by atoms with Gasteiger partial charge in [0.25, 0.3) is 0 Å². The fourth-order valence-corrected chi connectivity index (χ4v) is 2.59. The van der Waals surface area contributed by atoms with Crippen LogP contribution >= 0.6 is 11.3 Å². The Morgan fingerprint density at radius 2 is 2.11 bits per heavy atom. The molecule has 3 nitrogen and oxygen atoms in total. The van der Waals surface area contributed by atoms with Gasteiger partial charge in [-0.3, -0.25) is 0 Å². The Bertz CT molecular complexity index is 467. The van der Waals surface area contributed by atoms with E-state index >= 15 is 0 Å². The van der Waals surface area contributed by atoms with Gasteiger partial charge in [0.2, 0.25) is 0 Å². The molecule has 102 valence electrons. The lowest BCUT2D eigenvalue weighted by Gasteiger charge is -2.13. The van der Waals surface area contributed by atoms with Crippen LogP contribution in [0.2, 0.25) is 0 Å².